The molecule has 0 aliphatic heterocycles. The molecule has 3 rings (SSSR count). The fourth-order valence-corrected chi connectivity index (χ4v) is 3.58. The molecule has 7 nitrogen and oxygen atoms in total. The van der Waals surface area contributed by atoms with Gasteiger partial charge < -0.3 is 10.1 Å². The number of thiazole rings is 1. The third kappa shape index (κ3) is 3.83. The lowest BCUT2D eigenvalue weighted by Gasteiger charge is -2.07. The lowest BCUT2D eigenvalue weighted by atomic mass is 10.2. The predicted molar refractivity (Wildman–Crippen MR) is 96.4 cm³/mol. The second-order valence-corrected chi connectivity index (χ2v) is 6.63. The van der Waals surface area contributed by atoms with E-state index in [4.69, 9.17) is 0 Å². The second-order valence-electron chi connectivity index (χ2n) is 4.83. The molecule has 128 valence electrons. The van der Waals surface area contributed by atoms with Gasteiger partial charge in [-0.05, 0) is 36.6 Å². The van der Waals surface area contributed by atoms with Gasteiger partial charge in [0.1, 0.15) is 5.00 Å². The Balaban J connectivity index is 1.74. The van der Waals surface area contributed by atoms with E-state index in [1.807, 2.05) is 0 Å². The van der Waals surface area contributed by atoms with Crippen molar-refractivity contribution >= 4 is 55.8 Å². The van der Waals surface area contributed by atoms with E-state index in [1.54, 1.807) is 36.0 Å². The molecule has 9 heteroatoms. The van der Waals surface area contributed by atoms with Gasteiger partial charge in [-0.3, -0.25) is 14.9 Å². The number of rotatable bonds is 4. The Morgan fingerprint density at radius 2 is 2.00 bits per heavy atom. The van der Waals surface area contributed by atoms with Crippen LogP contribution in [0.25, 0.3) is 10.2 Å². The van der Waals surface area contributed by atoms with Crippen molar-refractivity contribution in [2.45, 2.75) is 6.92 Å². The van der Waals surface area contributed by atoms with Crippen LogP contribution in [0, 0.1) is 0 Å². The van der Waals surface area contributed by atoms with Gasteiger partial charge in [-0.15, -0.1) is 22.7 Å². The summed E-state index contributed by atoms with van der Waals surface area (Å²) in [6, 6.07) is 6.71. The SMILES string of the molecule is CCOC(=O)NC(=O)c1ccsc1NC(=O)c1ccc2ncsc2c1. The summed E-state index contributed by atoms with van der Waals surface area (Å²) in [6.45, 7) is 1.80. The van der Waals surface area contributed by atoms with Crippen LogP contribution in [0.15, 0.2) is 35.2 Å². The molecule has 0 atom stereocenters. The third-order valence-corrected chi connectivity index (χ3v) is 4.84. The number of aromatic nitrogens is 1. The molecule has 0 bridgehead atoms. The van der Waals surface area contributed by atoms with E-state index in [9.17, 15) is 14.4 Å². The zero-order chi connectivity index (χ0) is 17.8. The van der Waals surface area contributed by atoms with Crippen molar-refractivity contribution in [2.75, 3.05) is 11.9 Å². The number of anilines is 1. The number of hydrogen-bond acceptors (Lipinski definition) is 7. The molecule has 2 N–H and O–H groups in total. The van der Waals surface area contributed by atoms with E-state index in [2.05, 4.69) is 20.4 Å². The number of amides is 3. The number of thiophene rings is 1. The van der Waals surface area contributed by atoms with Crippen LogP contribution >= 0.6 is 22.7 Å². The highest BCUT2D eigenvalue weighted by atomic mass is 32.1. The van der Waals surface area contributed by atoms with Gasteiger partial charge >= 0.3 is 6.09 Å². The second kappa shape index (κ2) is 7.41. The molecule has 0 unspecified atom stereocenters. The first-order valence-electron chi connectivity index (χ1n) is 7.28. The largest absolute Gasteiger partial charge is 0.450 e. The Labute approximate surface area is 150 Å². The Bertz CT molecular complexity index is 948. The van der Waals surface area contributed by atoms with E-state index in [1.165, 1.54) is 28.7 Å². The number of fused-ring (bicyclic) bond motifs is 1. The van der Waals surface area contributed by atoms with E-state index < -0.39 is 12.0 Å². The van der Waals surface area contributed by atoms with Crippen molar-refractivity contribution in [2.24, 2.45) is 0 Å². The third-order valence-electron chi connectivity index (χ3n) is 3.22. The highest BCUT2D eigenvalue weighted by molar-refractivity contribution is 7.16. The Morgan fingerprint density at radius 1 is 1.16 bits per heavy atom. The molecular formula is C16H13N3O4S2. The molecule has 0 fully saturated rings. The van der Waals surface area contributed by atoms with Crippen LogP contribution in [0.4, 0.5) is 9.80 Å². The van der Waals surface area contributed by atoms with Crippen LogP contribution in [0.2, 0.25) is 0 Å². The zero-order valence-electron chi connectivity index (χ0n) is 13.1. The smallest absolute Gasteiger partial charge is 0.414 e. The molecular weight excluding hydrogens is 362 g/mol. The molecule has 3 aromatic rings. The minimum absolute atomic E-state index is 0.159. The molecule has 0 radical (unpaired) electrons. The summed E-state index contributed by atoms with van der Waals surface area (Å²) in [5, 5.41) is 6.82. The van der Waals surface area contributed by atoms with Crippen LogP contribution < -0.4 is 10.6 Å². The average molecular weight is 375 g/mol. The highest BCUT2D eigenvalue weighted by Crippen LogP contribution is 2.25. The van der Waals surface area contributed by atoms with Crippen molar-refractivity contribution in [1.29, 1.82) is 0 Å². The molecule has 0 spiro atoms. The minimum Gasteiger partial charge on any atom is -0.450 e. The number of imide groups is 1. The number of carbonyl (C=O) groups excluding carboxylic acids is 3. The Hall–Kier alpha value is -2.78. The number of carbonyl (C=O) groups is 3. The van der Waals surface area contributed by atoms with Gasteiger partial charge in [0.15, 0.2) is 0 Å². The highest BCUT2D eigenvalue weighted by Gasteiger charge is 2.18. The molecule has 0 saturated carbocycles. The number of hydrogen-bond donors (Lipinski definition) is 2. The number of ether oxygens (including phenoxy) is 1. The summed E-state index contributed by atoms with van der Waals surface area (Å²) in [4.78, 5) is 40.1. The molecule has 2 heterocycles. The fourth-order valence-electron chi connectivity index (χ4n) is 2.08. The zero-order valence-corrected chi connectivity index (χ0v) is 14.7. The summed E-state index contributed by atoms with van der Waals surface area (Å²) < 4.78 is 5.58. The fraction of sp³-hybridized carbons (Fsp3) is 0.125. The van der Waals surface area contributed by atoms with Crippen molar-refractivity contribution in [3.05, 3.63) is 46.3 Å². The van der Waals surface area contributed by atoms with Crippen LogP contribution in [0.5, 0.6) is 0 Å². The summed E-state index contributed by atoms with van der Waals surface area (Å²) in [6.07, 6.45) is -0.827. The normalized spacial score (nSPS) is 10.4. The molecule has 0 saturated heterocycles. The monoisotopic (exact) mass is 375 g/mol. The maximum absolute atomic E-state index is 12.4. The van der Waals surface area contributed by atoms with Gasteiger partial charge in [-0.2, -0.15) is 0 Å². The summed E-state index contributed by atoms with van der Waals surface area (Å²) >= 11 is 2.63. The Morgan fingerprint density at radius 3 is 2.80 bits per heavy atom. The summed E-state index contributed by atoms with van der Waals surface area (Å²) in [5.74, 6) is -0.976. The van der Waals surface area contributed by atoms with Crippen molar-refractivity contribution in [3.63, 3.8) is 0 Å². The molecule has 0 aliphatic rings. The number of nitrogens with zero attached hydrogens (tertiary/aromatic N) is 1. The van der Waals surface area contributed by atoms with Crippen LogP contribution in [-0.2, 0) is 4.74 Å². The average Bonchev–Trinajstić information content (AvgIpc) is 3.22. The van der Waals surface area contributed by atoms with Crippen molar-refractivity contribution in [3.8, 4) is 0 Å². The van der Waals surface area contributed by atoms with Crippen molar-refractivity contribution < 1.29 is 19.1 Å². The number of benzene rings is 1. The van der Waals surface area contributed by atoms with Crippen LogP contribution in [-0.4, -0.2) is 29.5 Å². The first-order valence-corrected chi connectivity index (χ1v) is 9.04. The van der Waals surface area contributed by atoms with Gasteiger partial charge in [-0.25, -0.2) is 9.78 Å². The molecule has 25 heavy (non-hydrogen) atoms. The van der Waals surface area contributed by atoms with Gasteiger partial charge in [-0.1, -0.05) is 0 Å². The summed E-state index contributed by atoms with van der Waals surface area (Å²) in [7, 11) is 0. The molecule has 3 amide bonds. The standard InChI is InChI=1S/C16H13N3O4S2/c1-2-23-16(22)19-14(21)10-5-6-24-15(10)18-13(20)9-3-4-11-12(7-9)25-8-17-11/h3-8H,2H2,1H3,(H,18,20)(H,19,21,22). The minimum atomic E-state index is -0.827. The summed E-state index contributed by atoms with van der Waals surface area (Å²) in [5.41, 5.74) is 3.20. The predicted octanol–water partition coefficient (Wildman–Crippen LogP) is 3.50. The lowest BCUT2D eigenvalue weighted by molar-refractivity contribution is 0.0926. The van der Waals surface area contributed by atoms with Crippen molar-refractivity contribution in [1.82, 2.24) is 10.3 Å². The lowest BCUT2D eigenvalue weighted by Crippen LogP contribution is -2.31. The van der Waals surface area contributed by atoms with Gasteiger partial charge in [0.2, 0.25) is 0 Å². The maximum Gasteiger partial charge on any atom is 0.414 e. The van der Waals surface area contributed by atoms with Crippen LogP contribution in [0.3, 0.4) is 0 Å². The van der Waals surface area contributed by atoms with E-state index in [0.29, 0.717) is 10.6 Å². The van der Waals surface area contributed by atoms with E-state index in [0.717, 1.165) is 10.2 Å². The maximum atomic E-state index is 12.4. The number of alkyl carbamates (subject to hydrolysis) is 1. The molecule has 2 aromatic heterocycles. The molecule has 0 aliphatic carbocycles. The first-order chi connectivity index (χ1) is 12.1. The van der Waals surface area contributed by atoms with Gasteiger partial charge in [0.25, 0.3) is 11.8 Å². The first kappa shape index (κ1) is 17.1. The molecule has 1 aromatic carbocycles. The van der Waals surface area contributed by atoms with Gasteiger partial charge in [0.05, 0.1) is 27.9 Å². The van der Waals surface area contributed by atoms with E-state index >= 15 is 0 Å². The quantitative estimate of drug-likeness (QED) is 0.727. The van der Waals surface area contributed by atoms with E-state index in [-0.39, 0.29) is 18.1 Å². The topological polar surface area (TPSA) is 97.4 Å². The number of nitrogens with one attached hydrogen (secondary N) is 2. The van der Waals surface area contributed by atoms with Gasteiger partial charge in [0, 0.05) is 5.56 Å². The van der Waals surface area contributed by atoms with Crippen LogP contribution in [0.1, 0.15) is 27.6 Å². The Kier molecular flexibility index (Phi) is 5.05.